The summed E-state index contributed by atoms with van der Waals surface area (Å²) in [6.07, 6.45) is -3.26. The van der Waals surface area contributed by atoms with E-state index in [1.54, 1.807) is 0 Å². The first-order valence-corrected chi connectivity index (χ1v) is 7.68. The maximum atomic E-state index is 12.9. The summed E-state index contributed by atoms with van der Waals surface area (Å²) in [7, 11) is 0. The van der Waals surface area contributed by atoms with Crippen LogP contribution in [0.25, 0.3) is 0 Å². The van der Waals surface area contributed by atoms with E-state index in [-0.39, 0.29) is 30.6 Å². The lowest BCUT2D eigenvalue weighted by atomic mass is 9.98. The van der Waals surface area contributed by atoms with Gasteiger partial charge in [-0.1, -0.05) is 20.8 Å². The van der Waals surface area contributed by atoms with Crippen molar-refractivity contribution in [3.05, 3.63) is 33.5 Å². The summed E-state index contributed by atoms with van der Waals surface area (Å²) in [4.78, 5) is 4.45. The molecule has 1 N–H and O–H groups in total. The smallest absolute Gasteiger partial charge is 0.396 e. The highest BCUT2D eigenvalue weighted by atomic mass is 32.1. The van der Waals surface area contributed by atoms with Crippen molar-refractivity contribution in [2.45, 2.75) is 45.3 Å². The Bertz CT molecular complexity index is 641. The number of hydrogen-bond donors (Lipinski definition) is 1. The third kappa shape index (κ3) is 3.86. The summed E-state index contributed by atoms with van der Waals surface area (Å²) in [5, 5.41) is 15.3. The second-order valence-corrected chi connectivity index (χ2v) is 6.92. The predicted molar refractivity (Wildman–Crippen MR) is 77.9 cm³/mol. The van der Waals surface area contributed by atoms with E-state index in [1.807, 2.05) is 26.2 Å². The zero-order valence-electron chi connectivity index (χ0n) is 12.6. The van der Waals surface area contributed by atoms with Crippen LogP contribution in [0.4, 0.5) is 13.2 Å². The first-order valence-electron chi connectivity index (χ1n) is 6.80. The predicted octanol–water partition coefficient (Wildman–Crippen LogP) is 3.24. The summed E-state index contributed by atoms with van der Waals surface area (Å²) in [6, 6.07) is 0. The lowest BCUT2D eigenvalue weighted by Gasteiger charge is -2.13. The molecular weight excluding hydrogens is 315 g/mol. The SMILES string of the molecule is CC(C)(C)c1nc(Cn2cc(CCO)c(C(F)(F)F)n2)cs1. The van der Waals surface area contributed by atoms with E-state index in [9.17, 15) is 13.2 Å². The van der Waals surface area contributed by atoms with Crippen LogP contribution in [-0.2, 0) is 24.6 Å². The fourth-order valence-electron chi connectivity index (χ4n) is 1.98. The van der Waals surface area contributed by atoms with Crippen molar-refractivity contribution in [2.24, 2.45) is 0 Å². The molecule has 8 heteroatoms. The lowest BCUT2D eigenvalue weighted by Crippen LogP contribution is -2.12. The molecular formula is C14H18F3N3OS. The molecule has 0 atom stereocenters. The van der Waals surface area contributed by atoms with Crippen molar-refractivity contribution in [1.29, 1.82) is 0 Å². The average molecular weight is 333 g/mol. The minimum Gasteiger partial charge on any atom is -0.396 e. The number of hydrogen-bond acceptors (Lipinski definition) is 4. The number of aromatic nitrogens is 3. The van der Waals surface area contributed by atoms with Crippen LogP contribution in [-0.4, -0.2) is 26.5 Å². The molecule has 0 amide bonds. The van der Waals surface area contributed by atoms with Crippen LogP contribution < -0.4 is 0 Å². The van der Waals surface area contributed by atoms with Gasteiger partial charge < -0.3 is 5.11 Å². The molecule has 2 rings (SSSR count). The number of thiazole rings is 1. The molecule has 0 saturated heterocycles. The molecule has 0 radical (unpaired) electrons. The average Bonchev–Trinajstić information content (AvgIpc) is 2.96. The van der Waals surface area contributed by atoms with Gasteiger partial charge in [-0.15, -0.1) is 11.3 Å². The van der Waals surface area contributed by atoms with E-state index in [1.165, 1.54) is 22.2 Å². The second kappa shape index (κ2) is 6.00. The molecule has 0 saturated carbocycles. The molecule has 2 heterocycles. The van der Waals surface area contributed by atoms with E-state index < -0.39 is 11.9 Å². The number of rotatable bonds is 4. The van der Waals surface area contributed by atoms with E-state index in [4.69, 9.17) is 5.11 Å². The molecule has 0 bridgehead atoms. The summed E-state index contributed by atoms with van der Waals surface area (Å²) in [5.41, 5.74) is -0.345. The van der Waals surface area contributed by atoms with Crippen molar-refractivity contribution in [3.63, 3.8) is 0 Å². The largest absolute Gasteiger partial charge is 0.435 e. The Morgan fingerprint density at radius 2 is 1.95 bits per heavy atom. The molecule has 0 unspecified atom stereocenters. The topological polar surface area (TPSA) is 50.9 Å². The standard InChI is InChI=1S/C14H18F3N3OS/c1-13(2,3)12-18-10(8-22-12)7-20-6-9(4-5-21)11(19-20)14(15,16)17/h6,8,21H,4-5,7H2,1-3H3. The van der Waals surface area contributed by atoms with Gasteiger partial charge in [0.1, 0.15) is 0 Å². The molecule has 0 spiro atoms. The van der Waals surface area contributed by atoms with Crippen LogP contribution in [0.3, 0.4) is 0 Å². The van der Waals surface area contributed by atoms with Gasteiger partial charge in [0.05, 0.1) is 17.2 Å². The van der Waals surface area contributed by atoms with Crippen LogP contribution in [0.2, 0.25) is 0 Å². The highest BCUT2D eigenvalue weighted by Gasteiger charge is 2.36. The number of aliphatic hydroxyl groups is 1. The first kappa shape index (κ1) is 17.0. The summed E-state index contributed by atoms with van der Waals surface area (Å²) in [5.74, 6) is 0. The Labute approximate surface area is 130 Å². The van der Waals surface area contributed by atoms with Crippen LogP contribution in [0.15, 0.2) is 11.6 Å². The van der Waals surface area contributed by atoms with E-state index in [0.717, 1.165) is 5.01 Å². The Hall–Kier alpha value is -1.41. The van der Waals surface area contributed by atoms with Crippen LogP contribution in [0, 0.1) is 0 Å². The molecule has 2 aromatic rings. The maximum Gasteiger partial charge on any atom is 0.435 e. The van der Waals surface area contributed by atoms with Crippen molar-refractivity contribution < 1.29 is 18.3 Å². The van der Waals surface area contributed by atoms with Gasteiger partial charge in [0.2, 0.25) is 0 Å². The number of nitrogens with zero attached hydrogens (tertiary/aromatic N) is 3. The van der Waals surface area contributed by atoms with Crippen molar-refractivity contribution >= 4 is 11.3 Å². The van der Waals surface area contributed by atoms with Gasteiger partial charge in [-0.25, -0.2) is 4.98 Å². The minimum atomic E-state index is -4.52. The molecule has 0 aromatic carbocycles. The van der Waals surface area contributed by atoms with Gasteiger partial charge in [-0.2, -0.15) is 18.3 Å². The van der Waals surface area contributed by atoms with Gasteiger partial charge in [0, 0.05) is 29.2 Å². The highest BCUT2D eigenvalue weighted by molar-refractivity contribution is 7.09. The van der Waals surface area contributed by atoms with Gasteiger partial charge in [-0.3, -0.25) is 4.68 Å². The molecule has 22 heavy (non-hydrogen) atoms. The third-order valence-corrected chi connectivity index (χ3v) is 4.32. The second-order valence-electron chi connectivity index (χ2n) is 6.07. The molecule has 0 aliphatic carbocycles. The third-order valence-electron chi connectivity index (χ3n) is 3.00. The van der Waals surface area contributed by atoms with Gasteiger partial charge in [-0.05, 0) is 6.42 Å². The normalized spacial score (nSPS) is 12.9. The van der Waals surface area contributed by atoms with Gasteiger partial charge in [0.15, 0.2) is 5.69 Å². The lowest BCUT2D eigenvalue weighted by molar-refractivity contribution is -0.142. The molecule has 0 aliphatic rings. The van der Waals surface area contributed by atoms with E-state index >= 15 is 0 Å². The molecule has 122 valence electrons. The Morgan fingerprint density at radius 3 is 2.45 bits per heavy atom. The van der Waals surface area contributed by atoms with Crippen molar-refractivity contribution in [2.75, 3.05) is 6.61 Å². The van der Waals surface area contributed by atoms with E-state index in [0.29, 0.717) is 5.69 Å². The maximum absolute atomic E-state index is 12.9. The van der Waals surface area contributed by atoms with E-state index in [2.05, 4.69) is 10.1 Å². The molecule has 0 fully saturated rings. The fourth-order valence-corrected chi connectivity index (χ4v) is 2.87. The van der Waals surface area contributed by atoms with Crippen LogP contribution >= 0.6 is 11.3 Å². The molecule has 0 aliphatic heterocycles. The quantitative estimate of drug-likeness (QED) is 0.934. The molecule has 4 nitrogen and oxygen atoms in total. The Morgan fingerprint density at radius 1 is 1.27 bits per heavy atom. The van der Waals surface area contributed by atoms with Crippen molar-refractivity contribution in [3.8, 4) is 0 Å². The number of aliphatic hydroxyl groups excluding tert-OH is 1. The number of alkyl halides is 3. The summed E-state index contributed by atoms with van der Waals surface area (Å²) in [6.45, 7) is 5.93. The Kier molecular flexibility index (Phi) is 4.62. The van der Waals surface area contributed by atoms with Crippen molar-refractivity contribution in [1.82, 2.24) is 14.8 Å². The van der Waals surface area contributed by atoms with Crippen LogP contribution in [0.1, 0.15) is 42.7 Å². The van der Waals surface area contributed by atoms with Gasteiger partial charge in [0.25, 0.3) is 0 Å². The summed E-state index contributed by atoms with van der Waals surface area (Å²) < 4.78 is 40.0. The molecule has 2 aromatic heterocycles. The minimum absolute atomic E-state index is 0.00118. The van der Waals surface area contributed by atoms with Crippen LogP contribution in [0.5, 0.6) is 0 Å². The monoisotopic (exact) mass is 333 g/mol. The summed E-state index contributed by atoms with van der Waals surface area (Å²) >= 11 is 1.49. The highest BCUT2D eigenvalue weighted by Crippen LogP contribution is 2.31. The fraction of sp³-hybridized carbons (Fsp3) is 0.571. The zero-order chi connectivity index (χ0) is 16.5. The first-order chi connectivity index (χ1) is 10.1. The Balaban J connectivity index is 2.25. The zero-order valence-corrected chi connectivity index (χ0v) is 13.4. The van der Waals surface area contributed by atoms with Gasteiger partial charge >= 0.3 is 6.18 Å². The number of halogens is 3.